The Morgan fingerprint density at radius 2 is 1.94 bits per heavy atom. The van der Waals surface area contributed by atoms with Gasteiger partial charge in [0.2, 0.25) is 0 Å². The Bertz CT molecular complexity index is 267. The summed E-state index contributed by atoms with van der Waals surface area (Å²) in [6.07, 6.45) is 1.52. The van der Waals surface area contributed by atoms with Crippen LogP contribution in [0, 0.1) is 0 Å². The zero-order valence-corrected chi connectivity index (χ0v) is 11.9. The highest BCUT2D eigenvalue weighted by Gasteiger charge is 2.18. The molecule has 1 unspecified atom stereocenters. The lowest BCUT2D eigenvalue weighted by atomic mass is 10.3. The molecule has 0 aliphatic rings. The standard InChI is InChI=1S/C11H25NO4S/c1-4-6-12-11(9-16-3)10-17(13,14)8-5-7-15-2/h11-12H,4-10H2,1-3H3. The van der Waals surface area contributed by atoms with Gasteiger partial charge < -0.3 is 14.8 Å². The number of hydrogen-bond acceptors (Lipinski definition) is 5. The molecular formula is C11H25NO4S. The molecule has 0 saturated heterocycles. The Morgan fingerprint density at radius 3 is 2.47 bits per heavy atom. The third kappa shape index (κ3) is 9.52. The van der Waals surface area contributed by atoms with Crippen LogP contribution in [0.2, 0.25) is 0 Å². The summed E-state index contributed by atoms with van der Waals surface area (Å²) in [6, 6.07) is -0.118. The van der Waals surface area contributed by atoms with Crippen molar-refractivity contribution in [3.63, 3.8) is 0 Å². The van der Waals surface area contributed by atoms with Crippen LogP contribution in [0.1, 0.15) is 19.8 Å². The van der Waals surface area contributed by atoms with Gasteiger partial charge in [-0.1, -0.05) is 6.92 Å². The van der Waals surface area contributed by atoms with E-state index in [1.165, 1.54) is 0 Å². The first-order valence-electron chi connectivity index (χ1n) is 5.97. The molecule has 0 radical (unpaired) electrons. The third-order valence-electron chi connectivity index (χ3n) is 2.31. The Balaban J connectivity index is 4.11. The highest BCUT2D eigenvalue weighted by atomic mass is 32.2. The number of methoxy groups -OCH3 is 2. The molecule has 0 rings (SSSR count). The lowest BCUT2D eigenvalue weighted by Crippen LogP contribution is -2.40. The molecule has 1 N–H and O–H groups in total. The second-order valence-electron chi connectivity index (χ2n) is 4.07. The summed E-state index contributed by atoms with van der Waals surface area (Å²) in [7, 11) is 0.126. The van der Waals surface area contributed by atoms with E-state index in [0.29, 0.717) is 19.6 Å². The number of hydrogen-bond donors (Lipinski definition) is 1. The predicted octanol–water partition coefficient (Wildman–Crippen LogP) is 0.452. The molecule has 5 nitrogen and oxygen atoms in total. The second kappa shape index (κ2) is 9.82. The van der Waals surface area contributed by atoms with Crippen LogP contribution < -0.4 is 5.32 Å². The van der Waals surface area contributed by atoms with E-state index in [0.717, 1.165) is 13.0 Å². The molecule has 0 aromatic rings. The summed E-state index contributed by atoms with van der Waals surface area (Å²) in [6.45, 7) is 3.76. The average Bonchev–Trinajstić information content (AvgIpc) is 2.26. The summed E-state index contributed by atoms with van der Waals surface area (Å²) in [5, 5.41) is 3.18. The maximum atomic E-state index is 11.8. The molecule has 0 bridgehead atoms. The van der Waals surface area contributed by atoms with Gasteiger partial charge in [-0.15, -0.1) is 0 Å². The van der Waals surface area contributed by atoms with Gasteiger partial charge in [-0.05, 0) is 19.4 Å². The van der Waals surface area contributed by atoms with Crippen molar-refractivity contribution in [2.24, 2.45) is 0 Å². The molecule has 1 atom stereocenters. The quantitative estimate of drug-likeness (QED) is 0.551. The van der Waals surface area contributed by atoms with E-state index >= 15 is 0 Å². The molecule has 0 heterocycles. The van der Waals surface area contributed by atoms with Crippen molar-refractivity contribution < 1.29 is 17.9 Å². The van der Waals surface area contributed by atoms with E-state index in [2.05, 4.69) is 5.32 Å². The lowest BCUT2D eigenvalue weighted by molar-refractivity contribution is 0.173. The Labute approximate surface area is 105 Å². The largest absolute Gasteiger partial charge is 0.385 e. The topological polar surface area (TPSA) is 64.6 Å². The molecular weight excluding hydrogens is 242 g/mol. The van der Waals surface area contributed by atoms with Crippen molar-refractivity contribution >= 4 is 9.84 Å². The van der Waals surface area contributed by atoms with Crippen LogP contribution in [0.5, 0.6) is 0 Å². The maximum Gasteiger partial charge on any atom is 0.152 e. The summed E-state index contributed by atoms with van der Waals surface area (Å²) < 4.78 is 33.5. The smallest absolute Gasteiger partial charge is 0.152 e. The molecule has 0 aromatic heterocycles. The van der Waals surface area contributed by atoms with Crippen molar-refractivity contribution in [2.75, 3.05) is 45.5 Å². The van der Waals surface area contributed by atoms with E-state index in [1.807, 2.05) is 6.92 Å². The highest BCUT2D eigenvalue weighted by Crippen LogP contribution is 1.99. The minimum atomic E-state index is -3.03. The molecule has 6 heteroatoms. The van der Waals surface area contributed by atoms with E-state index in [4.69, 9.17) is 9.47 Å². The normalized spacial score (nSPS) is 13.8. The van der Waals surface area contributed by atoms with E-state index < -0.39 is 9.84 Å². The Hall–Kier alpha value is -0.170. The molecule has 0 aromatic carbocycles. The molecule has 0 amide bonds. The van der Waals surface area contributed by atoms with Crippen LogP contribution in [-0.2, 0) is 19.3 Å². The molecule has 0 aliphatic heterocycles. The SMILES string of the molecule is CCCNC(COC)CS(=O)(=O)CCCOC. The first kappa shape index (κ1) is 16.8. The van der Waals surface area contributed by atoms with Crippen molar-refractivity contribution in [2.45, 2.75) is 25.8 Å². The van der Waals surface area contributed by atoms with Crippen LogP contribution in [0.3, 0.4) is 0 Å². The van der Waals surface area contributed by atoms with E-state index in [-0.39, 0.29) is 17.5 Å². The third-order valence-corrected chi connectivity index (χ3v) is 4.13. The fourth-order valence-corrected chi connectivity index (χ4v) is 3.08. The van der Waals surface area contributed by atoms with Crippen molar-refractivity contribution in [1.29, 1.82) is 0 Å². The molecule has 0 spiro atoms. The van der Waals surface area contributed by atoms with E-state index in [1.54, 1.807) is 14.2 Å². The number of nitrogens with one attached hydrogen (secondary N) is 1. The summed E-state index contributed by atoms with van der Waals surface area (Å²) >= 11 is 0. The highest BCUT2D eigenvalue weighted by molar-refractivity contribution is 7.91. The number of sulfone groups is 1. The van der Waals surface area contributed by atoms with E-state index in [9.17, 15) is 8.42 Å². The van der Waals surface area contributed by atoms with Crippen molar-refractivity contribution in [3.05, 3.63) is 0 Å². The minimum absolute atomic E-state index is 0.118. The van der Waals surface area contributed by atoms with Crippen molar-refractivity contribution in [3.8, 4) is 0 Å². The van der Waals surface area contributed by atoms with Gasteiger partial charge in [-0.2, -0.15) is 0 Å². The van der Waals surface area contributed by atoms with Gasteiger partial charge in [0, 0.05) is 26.9 Å². The monoisotopic (exact) mass is 267 g/mol. The predicted molar refractivity (Wildman–Crippen MR) is 69.1 cm³/mol. The summed E-state index contributed by atoms with van der Waals surface area (Å²) in [5.74, 6) is 0.305. The van der Waals surface area contributed by atoms with Gasteiger partial charge in [0.1, 0.15) is 0 Å². The fourth-order valence-electron chi connectivity index (χ4n) is 1.53. The first-order valence-corrected chi connectivity index (χ1v) is 7.79. The molecule has 17 heavy (non-hydrogen) atoms. The van der Waals surface area contributed by atoms with Crippen molar-refractivity contribution in [1.82, 2.24) is 5.32 Å². The van der Waals surface area contributed by atoms with Gasteiger partial charge in [-0.25, -0.2) is 8.42 Å². The van der Waals surface area contributed by atoms with Gasteiger partial charge in [0.25, 0.3) is 0 Å². The summed E-state index contributed by atoms with van der Waals surface area (Å²) in [5.41, 5.74) is 0. The molecule has 0 aliphatic carbocycles. The fraction of sp³-hybridized carbons (Fsp3) is 1.00. The maximum absolute atomic E-state index is 11.8. The van der Waals surface area contributed by atoms with Crippen LogP contribution in [0.15, 0.2) is 0 Å². The lowest BCUT2D eigenvalue weighted by Gasteiger charge is -2.17. The van der Waals surface area contributed by atoms with Crippen LogP contribution >= 0.6 is 0 Å². The number of ether oxygens (including phenoxy) is 2. The zero-order chi connectivity index (χ0) is 13.1. The second-order valence-corrected chi connectivity index (χ2v) is 6.30. The molecule has 104 valence electrons. The Kier molecular flexibility index (Phi) is 9.72. The Morgan fingerprint density at radius 1 is 1.24 bits per heavy atom. The molecule has 0 fully saturated rings. The summed E-state index contributed by atoms with van der Waals surface area (Å²) in [4.78, 5) is 0. The van der Waals surface area contributed by atoms with Gasteiger partial charge in [-0.3, -0.25) is 0 Å². The number of rotatable bonds is 11. The average molecular weight is 267 g/mol. The van der Waals surface area contributed by atoms with Gasteiger partial charge in [0.05, 0.1) is 18.1 Å². The minimum Gasteiger partial charge on any atom is -0.385 e. The molecule has 0 saturated carbocycles. The van der Waals surface area contributed by atoms with Gasteiger partial charge >= 0.3 is 0 Å². The van der Waals surface area contributed by atoms with Crippen LogP contribution in [0.4, 0.5) is 0 Å². The van der Waals surface area contributed by atoms with Crippen LogP contribution in [0.25, 0.3) is 0 Å². The zero-order valence-electron chi connectivity index (χ0n) is 11.1. The van der Waals surface area contributed by atoms with Crippen LogP contribution in [-0.4, -0.2) is 59.9 Å². The van der Waals surface area contributed by atoms with Gasteiger partial charge in [0.15, 0.2) is 9.84 Å². The first-order chi connectivity index (χ1) is 8.05.